The molecule has 11 heteroatoms. The molecule has 0 radical (unpaired) electrons. The van der Waals surface area contributed by atoms with E-state index in [2.05, 4.69) is 20.6 Å². The highest BCUT2D eigenvalue weighted by Crippen LogP contribution is 2.28. The summed E-state index contributed by atoms with van der Waals surface area (Å²) < 4.78 is 68.2. The van der Waals surface area contributed by atoms with Gasteiger partial charge in [-0.25, -0.2) is 26.9 Å². The number of nitrogens with one attached hydrogen (secondary N) is 2. The van der Waals surface area contributed by atoms with Crippen molar-refractivity contribution < 1.29 is 22.0 Å². The molecule has 27 heavy (non-hydrogen) atoms. The lowest BCUT2D eigenvalue weighted by Gasteiger charge is -2.12. The van der Waals surface area contributed by atoms with E-state index in [9.17, 15) is 22.0 Å². The van der Waals surface area contributed by atoms with Crippen LogP contribution >= 0.6 is 0 Å². The van der Waals surface area contributed by atoms with Crippen LogP contribution in [0.4, 0.5) is 56.5 Å². The number of nitrogens with zero attached hydrogens (tertiary/aromatic N) is 2. The minimum Gasteiger partial charge on any atom is -0.394 e. The van der Waals surface area contributed by atoms with Gasteiger partial charge in [0.05, 0.1) is 17.6 Å². The lowest BCUT2D eigenvalue weighted by Crippen LogP contribution is -2.07. The van der Waals surface area contributed by atoms with Crippen molar-refractivity contribution in [2.75, 3.05) is 22.1 Å². The van der Waals surface area contributed by atoms with E-state index in [1.807, 2.05) is 0 Å². The van der Waals surface area contributed by atoms with Gasteiger partial charge in [-0.1, -0.05) is 0 Å². The molecule has 0 saturated heterocycles. The highest BCUT2D eigenvalue weighted by atomic mass is 19.1. The van der Waals surface area contributed by atoms with Crippen LogP contribution < -0.4 is 22.1 Å². The summed E-state index contributed by atoms with van der Waals surface area (Å²) in [7, 11) is 0. The molecule has 0 aliphatic heterocycles. The molecule has 6 N–H and O–H groups in total. The summed E-state index contributed by atoms with van der Waals surface area (Å²) in [6, 6.07) is 3.84. The van der Waals surface area contributed by atoms with Gasteiger partial charge in [-0.15, -0.1) is 0 Å². The fraction of sp³-hybridized carbons (Fsp3) is 0. The Morgan fingerprint density at radius 2 is 1.22 bits per heavy atom. The highest BCUT2D eigenvalue weighted by Gasteiger charge is 2.16. The molecule has 3 aromatic rings. The summed E-state index contributed by atoms with van der Waals surface area (Å²) in [5.74, 6) is -5.92. The minimum absolute atomic E-state index is 0.260. The Hall–Kier alpha value is -3.63. The van der Waals surface area contributed by atoms with Gasteiger partial charge in [-0.2, -0.15) is 4.98 Å². The quantitative estimate of drug-likeness (QED) is 0.404. The van der Waals surface area contributed by atoms with E-state index in [0.717, 1.165) is 30.5 Å². The van der Waals surface area contributed by atoms with Gasteiger partial charge >= 0.3 is 0 Å². The zero-order chi connectivity index (χ0) is 19.7. The molecular formula is C16H11F5N6. The van der Waals surface area contributed by atoms with Crippen molar-refractivity contribution in [1.82, 2.24) is 9.97 Å². The van der Waals surface area contributed by atoms with E-state index >= 15 is 0 Å². The molecule has 0 aliphatic carbocycles. The Morgan fingerprint density at radius 1 is 0.704 bits per heavy atom. The van der Waals surface area contributed by atoms with Crippen LogP contribution in [0.5, 0.6) is 0 Å². The van der Waals surface area contributed by atoms with Crippen molar-refractivity contribution in [3.8, 4) is 0 Å². The normalized spacial score (nSPS) is 10.7. The summed E-state index contributed by atoms with van der Waals surface area (Å²) in [6.07, 6.45) is 0.729. The molecule has 0 bridgehead atoms. The Morgan fingerprint density at radius 3 is 1.78 bits per heavy atom. The molecule has 3 rings (SSSR count). The van der Waals surface area contributed by atoms with Crippen molar-refractivity contribution in [3.05, 3.63) is 59.5 Å². The van der Waals surface area contributed by atoms with E-state index in [-0.39, 0.29) is 17.3 Å². The van der Waals surface area contributed by atoms with Crippen LogP contribution in [0.15, 0.2) is 30.5 Å². The first kappa shape index (κ1) is 18.2. The van der Waals surface area contributed by atoms with Crippen LogP contribution in [-0.4, -0.2) is 9.97 Å². The SMILES string of the molecule is Nc1c(F)ccc(Nc2ncc(F)c(Nc3ccc(F)c(N)c3F)n2)c1F. The van der Waals surface area contributed by atoms with Gasteiger partial charge in [0.15, 0.2) is 23.3 Å². The summed E-state index contributed by atoms with van der Waals surface area (Å²) in [5, 5.41) is 4.70. The lowest BCUT2D eigenvalue weighted by atomic mass is 10.2. The third-order valence-electron chi connectivity index (χ3n) is 3.50. The van der Waals surface area contributed by atoms with Gasteiger partial charge in [0.1, 0.15) is 23.0 Å². The van der Waals surface area contributed by atoms with Crippen LogP contribution in [0.3, 0.4) is 0 Å². The zero-order valence-electron chi connectivity index (χ0n) is 13.3. The standard InChI is InChI=1S/C16H11F5N6/c17-6-1-3-9(11(20)13(6)22)25-15-8(19)5-24-16(27-15)26-10-4-2-7(18)14(23)12(10)21/h1-5H,22-23H2,(H2,24,25,26,27). The molecule has 0 fully saturated rings. The highest BCUT2D eigenvalue weighted by molar-refractivity contribution is 5.66. The summed E-state index contributed by atoms with van der Waals surface area (Å²) in [5.41, 5.74) is 8.41. The largest absolute Gasteiger partial charge is 0.394 e. The van der Waals surface area contributed by atoms with Crippen LogP contribution in [0.2, 0.25) is 0 Å². The van der Waals surface area contributed by atoms with Gasteiger partial charge in [-0.05, 0) is 24.3 Å². The summed E-state index contributed by atoms with van der Waals surface area (Å²) in [4.78, 5) is 7.34. The molecule has 1 aromatic heterocycles. The molecule has 0 atom stereocenters. The number of rotatable bonds is 4. The predicted octanol–water partition coefficient (Wildman–Crippen LogP) is 3.82. The third kappa shape index (κ3) is 3.52. The maximum Gasteiger partial charge on any atom is 0.229 e. The predicted molar refractivity (Wildman–Crippen MR) is 90.1 cm³/mol. The Bertz CT molecular complexity index is 1030. The van der Waals surface area contributed by atoms with E-state index < -0.39 is 46.3 Å². The number of halogens is 5. The lowest BCUT2D eigenvalue weighted by molar-refractivity contribution is 0.593. The van der Waals surface area contributed by atoms with Gasteiger partial charge in [0.2, 0.25) is 5.95 Å². The Kier molecular flexibility index (Phi) is 4.67. The molecule has 6 nitrogen and oxygen atoms in total. The molecule has 0 spiro atoms. The van der Waals surface area contributed by atoms with Crippen molar-refractivity contribution in [2.45, 2.75) is 0 Å². The smallest absolute Gasteiger partial charge is 0.229 e. The van der Waals surface area contributed by atoms with Gasteiger partial charge in [0.25, 0.3) is 0 Å². The zero-order valence-corrected chi connectivity index (χ0v) is 13.3. The number of hydrogen-bond acceptors (Lipinski definition) is 6. The van der Waals surface area contributed by atoms with E-state index in [1.165, 1.54) is 0 Å². The first-order valence-corrected chi connectivity index (χ1v) is 7.31. The maximum absolute atomic E-state index is 14.0. The number of aromatic nitrogens is 2. The van der Waals surface area contributed by atoms with Gasteiger partial charge < -0.3 is 22.1 Å². The molecule has 0 unspecified atom stereocenters. The molecule has 2 aromatic carbocycles. The van der Waals surface area contributed by atoms with E-state index in [4.69, 9.17) is 11.5 Å². The minimum atomic E-state index is -1.14. The van der Waals surface area contributed by atoms with Crippen LogP contribution in [-0.2, 0) is 0 Å². The van der Waals surface area contributed by atoms with Crippen molar-refractivity contribution in [1.29, 1.82) is 0 Å². The molecule has 140 valence electrons. The van der Waals surface area contributed by atoms with Crippen LogP contribution in [0.25, 0.3) is 0 Å². The van der Waals surface area contributed by atoms with Crippen molar-refractivity contribution in [3.63, 3.8) is 0 Å². The molecular weight excluding hydrogens is 371 g/mol. The molecule has 0 aliphatic rings. The van der Waals surface area contributed by atoms with Crippen molar-refractivity contribution in [2.24, 2.45) is 0 Å². The molecule has 0 saturated carbocycles. The summed E-state index contributed by atoms with van der Waals surface area (Å²) >= 11 is 0. The third-order valence-corrected chi connectivity index (χ3v) is 3.50. The second-order valence-corrected chi connectivity index (χ2v) is 5.29. The van der Waals surface area contributed by atoms with Crippen molar-refractivity contribution >= 4 is 34.5 Å². The van der Waals surface area contributed by atoms with E-state index in [1.54, 1.807) is 0 Å². The maximum atomic E-state index is 14.0. The van der Waals surface area contributed by atoms with Gasteiger partial charge in [0, 0.05) is 0 Å². The summed E-state index contributed by atoms with van der Waals surface area (Å²) in [6.45, 7) is 0. The number of anilines is 6. The Labute approximate surface area is 149 Å². The second kappa shape index (κ2) is 6.94. The first-order chi connectivity index (χ1) is 12.8. The topological polar surface area (TPSA) is 102 Å². The number of nitrogens with two attached hydrogens (primary N) is 2. The van der Waals surface area contributed by atoms with Crippen LogP contribution in [0.1, 0.15) is 0 Å². The average molecular weight is 382 g/mol. The number of benzene rings is 2. The fourth-order valence-electron chi connectivity index (χ4n) is 2.09. The first-order valence-electron chi connectivity index (χ1n) is 7.31. The Balaban J connectivity index is 1.91. The van der Waals surface area contributed by atoms with Gasteiger partial charge in [-0.3, -0.25) is 0 Å². The number of hydrogen-bond donors (Lipinski definition) is 4. The molecule has 0 amide bonds. The number of nitrogen functional groups attached to an aromatic ring is 2. The van der Waals surface area contributed by atoms with E-state index in [0.29, 0.717) is 0 Å². The monoisotopic (exact) mass is 382 g/mol. The fourth-order valence-corrected chi connectivity index (χ4v) is 2.09. The average Bonchev–Trinajstić information content (AvgIpc) is 2.65. The van der Waals surface area contributed by atoms with Crippen LogP contribution in [0, 0.1) is 29.1 Å². The molecule has 1 heterocycles. The second-order valence-electron chi connectivity index (χ2n) is 5.29.